The molecule has 1 heterocycles. The minimum absolute atomic E-state index is 0.0474. The summed E-state index contributed by atoms with van der Waals surface area (Å²) in [5.41, 5.74) is -0.0500. The summed E-state index contributed by atoms with van der Waals surface area (Å²) in [6.45, 7) is 1.19. The topological polar surface area (TPSA) is 104 Å². The highest BCUT2D eigenvalue weighted by Gasteiger charge is 2.29. The van der Waals surface area contributed by atoms with Crippen LogP contribution >= 0.6 is 0 Å². The number of nitro benzene ring substituents is 1. The summed E-state index contributed by atoms with van der Waals surface area (Å²) in [6, 6.07) is 4.11. The second kappa shape index (κ2) is 6.53. The van der Waals surface area contributed by atoms with Gasteiger partial charge in [-0.15, -0.1) is 0 Å². The molecular formula is C14H18N2O5. The van der Waals surface area contributed by atoms with Crippen LogP contribution in [0.4, 0.5) is 11.4 Å². The minimum Gasteiger partial charge on any atom is -0.478 e. The Labute approximate surface area is 122 Å². The SMILES string of the molecule is O=C(O)c1cccc([N+](=O)[O-])c1N1CCCC(CCO)C1. The first kappa shape index (κ1) is 15.2. The van der Waals surface area contributed by atoms with Gasteiger partial charge in [-0.2, -0.15) is 0 Å². The van der Waals surface area contributed by atoms with E-state index in [0.717, 1.165) is 12.8 Å². The molecule has 1 aromatic rings. The first-order chi connectivity index (χ1) is 10.0. The molecule has 0 saturated carbocycles. The molecule has 1 fully saturated rings. The first-order valence-corrected chi connectivity index (χ1v) is 6.91. The normalized spacial score (nSPS) is 18.5. The van der Waals surface area contributed by atoms with E-state index in [-0.39, 0.29) is 29.5 Å². The molecule has 0 bridgehead atoms. The van der Waals surface area contributed by atoms with Crippen molar-refractivity contribution in [2.24, 2.45) is 5.92 Å². The van der Waals surface area contributed by atoms with Gasteiger partial charge in [-0.3, -0.25) is 10.1 Å². The largest absolute Gasteiger partial charge is 0.478 e. The highest BCUT2D eigenvalue weighted by Crippen LogP contribution is 2.35. The van der Waals surface area contributed by atoms with Crippen LogP contribution in [-0.2, 0) is 0 Å². The van der Waals surface area contributed by atoms with Gasteiger partial charge in [0.05, 0.1) is 10.5 Å². The Morgan fingerprint density at radius 1 is 1.48 bits per heavy atom. The van der Waals surface area contributed by atoms with E-state index < -0.39 is 10.9 Å². The summed E-state index contributed by atoms with van der Waals surface area (Å²) in [5, 5.41) is 29.5. The van der Waals surface area contributed by atoms with Crippen molar-refractivity contribution in [1.82, 2.24) is 0 Å². The standard InChI is InChI=1S/C14H18N2O5/c17-8-6-10-3-2-7-15(9-10)13-11(14(18)19)4-1-5-12(13)16(20)21/h1,4-5,10,17H,2-3,6-9H2,(H,18,19). The van der Waals surface area contributed by atoms with Crippen molar-refractivity contribution < 1.29 is 19.9 Å². The van der Waals surface area contributed by atoms with Gasteiger partial charge in [-0.25, -0.2) is 4.79 Å². The van der Waals surface area contributed by atoms with Crippen molar-refractivity contribution in [3.63, 3.8) is 0 Å². The van der Waals surface area contributed by atoms with Crippen LogP contribution in [0.25, 0.3) is 0 Å². The van der Waals surface area contributed by atoms with Gasteiger partial charge in [0.2, 0.25) is 0 Å². The Balaban J connectivity index is 2.40. The van der Waals surface area contributed by atoms with Crippen LogP contribution in [0.5, 0.6) is 0 Å². The Morgan fingerprint density at radius 3 is 2.86 bits per heavy atom. The second-order valence-corrected chi connectivity index (χ2v) is 5.20. The number of aromatic carboxylic acids is 1. The van der Waals surface area contributed by atoms with Crippen LogP contribution in [0.2, 0.25) is 0 Å². The van der Waals surface area contributed by atoms with Gasteiger partial charge < -0.3 is 15.1 Å². The Hall–Kier alpha value is -2.15. The summed E-state index contributed by atoms with van der Waals surface area (Å²) in [4.78, 5) is 23.8. The maximum Gasteiger partial charge on any atom is 0.338 e. The molecule has 1 unspecified atom stereocenters. The molecule has 2 N–H and O–H groups in total. The van der Waals surface area contributed by atoms with Crippen molar-refractivity contribution in [2.45, 2.75) is 19.3 Å². The number of carboxylic acids is 1. The highest BCUT2D eigenvalue weighted by atomic mass is 16.6. The van der Waals surface area contributed by atoms with E-state index >= 15 is 0 Å². The van der Waals surface area contributed by atoms with E-state index in [1.54, 1.807) is 4.90 Å². The van der Waals surface area contributed by atoms with Gasteiger partial charge in [-0.1, -0.05) is 6.07 Å². The van der Waals surface area contributed by atoms with Gasteiger partial charge in [-0.05, 0) is 31.2 Å². The summed E-state index contributed by atoms with van der Waals surface area (Å²) in [6.07, 6.45) is 2.40. The maximum absolute atomic E-state index is 11.4. The zero-order chi connectivity index (χ0) is 15.4. The number of anilines is 1. The Morgan fingerprint density at radius 2 is 2.24 bits per heavy atom. The smallest absolute Gasteiger partial charge is 0.338 e. The summed E-state index contributed by atoms with van der Waals surface area (Å²) in [7, 11) is 0. The lowest BCUT2D eigenvalue weighted by Gasteiger charge is -2.34. The van der Waals surface area contributed by atoms with Crippen LogP contribution in [0.1, 0.15) is 29.6 Å². The van der Waals surface area contributed by atoms with E-state index in [9.17, 15) is 20.0 Å². The first-order valence-electron chi connectivity index (χ1n) is 6.91. The fourth-order valence-electron chi connectivity index (χ4n) is 2.87. The Kier molecular flexibility index (Phi) is 4.74. The molecule has 1 aromatic carbocycles. The monoisotopic (exact) mass is 294 g/mol. The predicted octanol–water partition coefficient (Wildman–Crippen LogP) is 1.89. The molecule has 114 valence electrons. The molecule has 1 aliphatic rings. The van der Waals surface area contributed by atoms with Crippen LogP contribution in [0.3, 0.4) is 0 Å². The van der Waals surface area contributed by atoms with Gasteiger partial charge in [0.15, 0.2) is 0 Å². The molecule has 0 amide bonds. The molecule has 7 nitrogen and oxygen atoms in total. The average molecular weight is 294 g/mol. The molecule has 1 aliphatic heterocycles. The van der Waals surface area contributed by atoms with E-state index in [4.69, 9.17) is 5.11 Å². The number of aliphatic hydroxyl groups excluding tert-OH is 1. The average Bonchev–Trinajstić information content (AvgIpc) is 2.47. The number of piperidine rings is 1. The van der Waals surface area contributed by atoms with Crippen LogP contribution in [-0.4, -0.2) is 40.8 Å². The van der Waals surface area contributed by atoms with Crippen molar-refractivity contribution in [2.75, 3.05) is 24.6 Å². The number of carboxylic acid groups (broad SMARTS) is 1. The van der Waals surface area contributed by atoms with Gasteiger partial charge >= 0.3 is 5.97 Å². The molecule has 0 aromatic heterocycles. The highest BCUT2D eigenvalue weighted by molar-refractivity contribution is 5.97. The van der Waals surface area contributed by atoms with Crippen LogP contribution < -0.4 is 4.90 Å². The quantitative estimate of drug-likeness (QED) is 0.635. The number of nitrogens with zero attached hydrogens (tertiary/aromatic N) is 2. The minimum atomic E-state index is -1.17. The molecule has 0 aliphatic carbocycles. The summed E-state index contributed by atoms with van der Waals surface area (Å²) >= 11 is 0. The van der Waals surface area contributed by atoms with Crippen LogP contribution in [0.15, 0.2) is 18.2 Å². The van der Waals surface area contributed by atoms with Gasteiger partial charge in [0.25, 0.3) is 5.69 Å². The molecule has 0 radical (unpaired) electrons. The molecule has 21 heavy (non-hydrogen) atoms. The molecule has 1 saturated heterocycles. The number of hydrogen-bond acceptors (Lipinski definition) is 5. The van der Waals surface area contributed by atoms with Crippen molar-refractivity contribution in [3.05, 3.63) is 33.9 Å². The van der Waals surface area contributed by atoms with Gasteiger partial charge in [0, 0.05) is 25.8 Å². The lowest BCUT2D eigenvalue weighted by Crippen LogP contribution is -2.37. The zero-order valence-electron chi connectivity index (χ0n) is 11.6. The van der Waals surface area contributed by atoms with Crippen molar-refractivity contribution in [1.29, 1.82) is 0 Å². The maximum atomic E-state index is 11.4. The number of rotatable bonds is 5. The van der Waals surface area contributed by atoms with Gasteiger partial charge in [0.1, 0.15) is 5.69 Å². The third-order valence-corrected chi connectivity index (χ3v) is 3.81. The predicted molar refractivity (Wildman–Crippen MR) is 76.7 cm³/mol. The summed E-state index contributed by atoms with van der Waals surface area (Å²) < 4.78 is 0. The van der Waals surface area contributed by atoms with E-state index in [2.05, 4.69) is 0 Å². The lowest BCUT2D eigenvalue weighted by molar-refractivity contribution is -0.384. The third kappa shape index (κ3) is 3.30. The molecule has 1 atom stereocenters. The lowest BCUT2D eigenvalue weighted by atomic mass is 9.94. The number of carbonyl (C=O) groups is 1. The molecule has 7 heteroatoms. The summed E-state index contributed by atoms with van der Waals surface area (Å²) in [5.74, 6) is -0.941. The van der Waals surface area contributed by atoms with E-state index in [1.807, 2.05) is 0 Å². The molecule has 0 spiro atoms. The van der Waals surface area contributed by atoms with Crippen LogP contribution in [0, 0.1) is 16.0 Å². The number of benzene rings is 1. The third-order valence-electron chi connectivity index (χ3n) is 3.81. The zero-order valence-corrected chi connectivity index (χ0v) is 11.6. The number of aliphatic hydroxyl groups is 1. The van der Waals surface area contributed by atoms with Crippen molar-refractivity contribution >= 4 is 17.3 Å². The van der Waals surface area contributed by atoms with E-state index in [0.29, 0.717) is 19.5 Å². The van der Waals surface area contributed by atoms with Crippen molar-refractivity contribution in [3.8, 4) is 0 Å². The molecular weight excluding hydrogens is 276 g/mol. The second-order valence-electron chi connectivity index (χ2n) is 5.20. The number of nitro groups is 1. The Bertz CT molecular complexity index is 512. The fourth-order valence-corrected chi connectivity index (χ4v) is 2.87. The fraction of sp³-hybridized carbons (Fsp3) is 0.500. The number of hydrogen-bond donors (Lipinski definition) is 2. The van der Waals surface area contributed by atoms with E-state index in [1.165, 1.54) is 18.2 Å². The number of para-hydroxylation sites is 1. The molecule has 2 rings (SSSR count).